The van der Waals surface area contributed by atoms with Gasteiger partial charge in [-0.25, -0.2) is 9.97 Å². The van der Waals surface area contributed by atoms with Crippen LogP contribution in [0.15, 0.2) is 41.8 Å². The van der Waals surface area contributed by atoms with Crippen molar-refractivity contribution in [3.05, 3.63) is 64.3 Å². The lowest BCUT2D eigenvalue weighted by Crippen LogP contribution is -2.35. The maximum atomic E-state index is 13.0. The lowest BCUT2D eigenvalue weighted by molar-refractivity contribution is -0.134. The predicted octanol–water partition coefficient (Wildman–Crippen LogP) is 4.95. The molecule has 0 bridgehead atoms. The summed E-state index contributed by atoms with van der Waals surface area (Å²) in [6.07, 6.45) is 1.87. The van der Waals surface area contributed by atoms with Crippen LogP contribution < -0.4 is 10.1 Å². The highest BCUT2D eigenvalue weighted by atomic mass is 32.1. The average molecular weight is 423 g/mol. The second kappa shape index (κ2) is 8.83. The molecule has 1 saturated heterocycles. The van der Waals surface area contributed by atoms with E-state index in [2.05, 4.69) is 10.3 Å². The van der Waals surface area contributed by atoms with Gasteiger partial charge in [0, 0.05) is 11.9 Å². The molecule has 30 heavy (non-hydrogen) atoms. The van der Waals surface area contributed by atoms with E-state index in [-0.39, 0.29) is 18.6 Å². The third-order valence-corrected chi connectivity index (χ3v) is 6.16. The lowest BCUT2D eigenvalue weighted by atomic mass is 10.1. The second-order valence-electron chi connectivity index (χ2n) is 7.62. The summed E-state index contributed by atoms with van der Waals surface area (Å²) in [4.78, 5) is 24.0. The summed E-state index contributed by atoms with van der Waals surface area (Å²) < 4.78 is 5.90. The van der Waals surface area contributed by atoms with Gasteiger partial charge < -0.3 is 15.0 Å². The normalized spacial score (nSPS) is 16.0. The molecule has 1 N–H and O–H groups in total. The number of hydrogen-bond donors (Lipinski definition) is 1. The number of nitrogens with one attached hydrogen (secondary N) is 1. The van der Waals surface area contributed by atoms with E-state index in [0.29, 0.717) is 0 Å². The summed E-state index contributed by atoms with van der Waals surface area (Å²) in [5.41, 5.74) is 3.96. The largest absolute Gasteiger partial charge is 0.483 e. The quantitative estimate of drug-likeness (QED) is 0.609. The summed E-state index contributed by atoms with van der Waals surface area (Å²) in [5.74, 6) is 1.54. The number of anilines is 2. The van der Waals surface area contributed by atoms with E-state index < -0.39 is 0 Å². The third-order valence-electron chi connectivity index (χ3n) is 5.29. The summed E-state index contributed by atoms with van der Waals surface area (Å²) in [6, 6.07) is 11.8. The molecule has 0 unspecified atom stereocenters. The molecule has 3 heterocycles. The van der Waals surface area contributed by atoms with Crippen molar-refractivity contribution in [1.82, 2.24) is 14.9 Å². The monoisotopic (exact) mass is 422 g/mol. The molecule has 1 fully saturated rings. The van der Waals surface area contributed by atoms with Gasteiger partial charge in [0.15, 0.2) is 11.7 Å². The van der Waals surface area contributed by atoms with Crippen LogP contribution in [0, 0.1) is 20.8 Å². The third kappa shape index (κ3) is 4.46. The number of amides is 1. The Bertz CT molecular complexity index is 1030. The van der Waals surface area contributed by atoms with Gasteiger partial charge in [-0.15, -0.1) is 11.3 Å². The molecule has 1 amide bonds. The van der Waals surface area contributed by atoms with Crippen molar-refractivity contribution in [3.8, 4) is 5.75 Å². The number of thiazole rings is 1. The minimum absolute atomic E-state index is 0.00383. The molecule has 1 aliphatic heterocycles. The van der Waals surface area contributed by atoms with Gasteiger partial charge in [0.05, 0.1) is 17.4 Å². The smallest absolute Gasteiger partial charge is 0.261 e. The van der Waals surface area contributed by atoms with Crippen LogP contribution in [0.4, 0.5) is 10.9 Å². The van der Waals surface area contributed by atoms with Gasteiger partial charge in [-0.1, -0.05) is 24.3 Å². The Hall–Kier alpha value is -2.93. The topological polar surface area (TPSA) is 67.4 Å². The minimum atomic E-state index is -0.0288. The van der Waals surface area contributed by atoms with E-state index >= 15 is 0 Å². The average Bonchev–Trinajstić information content (AvgIpc) is 3.37. The number of aryl methyl sites for hydroxylation is 3. The standard InChI is InChI=1S/C23H26N4O2S/c1-15-7-4-8-16(2)22(15)29-13-21(28)27-12-6-10-19(27)18-9-5-11-20(25-18)26-23-24-17(3)14-30-23/h4-5,7-9,11,14,19H,6,10,12-13H2,1-3H3,(H,24,25,26)/t19-/m1/s1. The fourth-order valence-corrected chi connectivity index (χ4v) is 4.54. The number of pyridine rings is 1. The van der Waals surface area contributed by atoms with Gasteiger partial charge in [-0.05, 0) is 56.9 Å². The summed E-state index contributed by atoms with van der Waals surface area (Å²) in [6.45, 7) is 6.73. The number of likely N-dealkylation sites (tertiary alicyclic amines) is 1. The zero-order chi connectivity index (χ0) is 21.1. The van der Waals surface area contributed by atoms with Crippen molar-refractivity contribution in [2.75, 3.05) is 18.5 Å². The van der Waals surface area contributed by atoms with Crippen LogP contribution in [-0.4, -0.2) is 33.9 Å². The Morgan fingerprint density at radius 3 is 2.67 bits per heavy atom. The highest BCUT2D eigenvalue weighted by molar-refractivity contribution is 7.13. The number of aromatic nitrogens is 2. The number of carbonyl (C=O) groups excluding carboxylic acids is 1. The van der Waals surface area contributed by atoms with E-state index in [1.165, 1.54) is 0 Å². The first-order chi connectivity index (χ1) is 14.5. The first-order valence-electron chi connectivity index (χ1n) is 10.2. The zero-order valence-corrected chi connectivity index (χ0v) is 18.3. The second-order valence-corrected chi connectivity index (χ2v) is 8.48. The molecular formula is C23H26N4O2S. The van der Waals surface area contributed by atoms with E-state index in [1.807, 2.05) is 67.4 Å². The van der Waals surface area contributed by atoms with Crippen LogP contribution >= 0.6 is 11.3 Å². The van der Waals surface area contributed by atoms with Crippen molar-refractivity contribution in [2.45, 2.75) is 39.7 Å². The first-order valence-corrected chi connectivity index (χ1v) is 11.0. The molecule has 7 heteroatoms. The molecule has 156 valence electrons. The number of para-hydroxylation sites is 1. The minimum Gasteiger partial charge on any atom is -0.483 e. The summed E-state index contributed by atoms with van der Waals surface area (Å²) in [7, 11) is 0. The zero-order valence-electron chi connectivity index (χ0n) is 17.5. The number of carbonyl (C=O) groups is 1. The molecule has 6 nitrogen and oxygen atoms in total. The lowest BCUT2D eigenvalue weighted by Gasteiger charge is -2.25. The number of benzene rings is 1. The van der Waals surface area contributed by atoms with E-state index in [0.717, 1.165) is 58.6 Å². The molecule has 4 rings (SSSR count). The van der Waals surface area contributed by atoms with Crippen molar-refractivity contribution >= 4 is 28.2 Å². The Kier molecular flexibility index (Phi) is 5.99. The highest BCUT2D eigenvalue weighted by Gasteiger charge is 2.31. The maximum absolute atomic E-state index is 13.0. The van der Waals surface area contributed by atoms with Gasteiger partial charge in [-0.3, -0.25) is 4.79 Å². The molecule has 0 radical (unpaired) electrons. The van der Waals surface area contributed by atoms with Crippen LogP contribution in [0.25, 0.3) is 0 Å². The molecule has 2 aromatic heterocycles. The predicted molar refractivity (Wildman–Crippen MR) is 119 cm³/mol. The summed E-state index contributed by atoms with van der Waals surface area (Å²) in [5, 5.41) is 6.08. The van der Waals surface area contributed by atoms with Gasteiger partial charge in [0.2, 0.25) is 0 Å². The van der Waals surface area contributed by atoms with E-state index in [9.17, 15) is 4.79 Å². The van der Waals surface area contributed by atoms with Crippen LogP contribution in [0.5, 0.6) is 5.75 Å². The highest BCUT2D eigenvalue weighted by Crippen LogP contribution is 2.32. The molecule has 0 aliphatic carbocycles. The SMILES string of the molecule is Cc1csc(Nc2cccc([C@H]3CCCN3C(=O)COc3c(C)cccc3C)n2)n1. The van der Waals surface area contributed by atoms with Gasteiger partial charge >= 0.3 is 0 Å². The van der Waals surface area contributed by atoms with Crippen LogP contribution in [0.2, 0.25) is 0 Å². The Morgan fingerprint density at radius 1 is 1.17 bits per heavy atom. The Labute approximate surface area is 180 Å². The molecule has 1 aromatic carbocycles. The number of hydrogen-bond acceptors (Lipinski definition) is 6. The molecule has 1 atom stereocenters. The van der Waals surface area contributed by atoms with Gasteiger partial charge in [0.25, 0.3) is 5.91 Å². The van der Waals surface area contributed by atoms with Crippen molar-refractivity contribution in [1.29, 1.82) is 0 Å². The summed E-state index contributed by atoms with van der Waals surface area (Å²) >= 11 is 1.55. The van der Waals surface area contributed by atoms with Crippen molar-refractivity contribution in [2.24, 2.45) is 0 Å². The molecule has 0 spiro atoms. The number of ether oxygens (including phenoxy) is 1. The molecule has 3 aromatic rings. The first kappa shape index (κ1) is 20.3. The maximum Gasteiger partial charge on any atom is 0.261 e. The number of rotatable bonds is 6. The van der Waals surface area contributed by atoms with E-state index in [1.54, 1.807) is 11.3 Å². The van der Waals surface area contributed by atoms with Gasteiger partial charge in [-0.2, -0.15) is 0 Å². The Balaban J connectivity index is 1.45. The fraction of sp³-hybridized carbons (Fsp3) is 0.348. The molecular weight excluding hydrogens is 396 g/mol. The number of nitrogens with zero attached hydrogens (tertiary/aromatic N) is 3. The fourth-order valence-electron chi connectivity index (χ4n) is 3.84. The van der Waals surface area contributed by atoms with Crippen LogP contribution in [-0.2, 0) is 4.79 Å². The molecule has 0 saturated carbocycles. The molecule has 1 aliphatic rings. The van der Waals surface area contributed by atoms with Crippen molar-refractivity contribution < 1.29 is 9.53 Å². The van der Waals surface area contributed by atoms with E-state index in [4.69, 9.17) is 9.72 Å². The van der Waals surface area contributed by atoms with Crippen molar-refractivity contribution in [3.63, 3.8) is 0 Å². The van der Waals surface area contributed by atoms with Crippen LogP contribution in [0.3, 0.4) is 0 Å². The van der Waals surface area contributed by atoms with Gasteiger partial charge in [0.1, 0.15) is 11.6 Å². The Morgan fingerprint density at radius 2 is 1.93 bits per heavy atom. The van der Waals surface area contributed by atoms with Crippen LogP contribution in [0.1, 0.15) is 41.4 Å².